The van der Waals surface area contributed by atoms with Gasteiger partial charge in [-0.25, -0.2) is 0 Å². The lowest BCUT2D eigenvalue weighted by molar-refractivity contribution is -0.121. The minimum atomic E-state index is 0.426. The molecule has 1 fully saturated rings. The zero-order valence-corrected chi connectivity index (χ0v) is 10.2. The van der Waals surface area contributed by atoms with Crippen molar-refractivity contribution >= 4 is 5.78 Å². The van der Waals surface area contributed by atoms with Gasteiger partial charge in [0.05, 0.1) is 0 Å². The quantitative estimate of drug-likeness (QED) is 0.776. The second-order valence-electron chi connectivity index (χ2n) is 5.27. The number of piperidine rings is 1. The molecule has 2 heteroatoms. The van der Waals surface area contributed by atoms with Gasteiger partial charge in [-0.15, -0.1) is 0 Å². The highest BCUT2D eigenvalue weighted by Crippen LogP contribution is 2.23. The van der Waals surface area contributed by atoms with Gasteiger partial charge in [-0.05, 0) is 36.0 Å². The van der Waals surface area contributed by atoms with E-state index in [-0.39, 0.29) is 0 Å². The first-order chi connectivity index (χ1) is 8.31. The van der Waals surface area contributed by atoms with Gasteiger partial charge in [0.15, 0.2) is 0 Å². The first-order valence-electron chi connectivity index (χ1n) is 6.66. The maximum Gasteiger partial charge on any atom is 0.135 e. The van der Waals surface area contributed by atoms with Gasteiger partial charge in [-0.1, -0.05) is 18.2 Å². The molecule has 3 rings (SSSR count). The van der Waals surface area contributed by atoms with E-state index in [4.69, 9.17) is 0 Å². The number of fused-ring (bicyclic) bond motifs is 1. The Labute approximate surface area is 103 Å². The fourth-order valence-electron chi connectivity index (χ4n) is 2.94. The number of ketones is 1. The third-order valence-corrected chi connectivity index (χ3v) is 3.98. The van der Waals surface area contributed by atoms with E-state index in [2.05, 4.69) is 23.1 Å². The number of Topliss-reactive ketones (excluding diaryl/α,β-unsaturated/α-hetero) is 1. The van der Waals surface area contributed by atoms with Crippen LogP contribution < -0.4 is 0 Å². The number of nitrogens with zero attached hydrogens (tertiary/aromatic N) is 1. The summed E-state index contributed by atoms with van der Waals surface area (Å²) in [5.41, 5.74) is 4.51. The molecule has 2 nitrogen and oxygen atoms in total. The molecule has 0 aromatic heterocycles. The van der Waals surface area contributed by atoms with Crippen LogP contribution in [0.5, 0.6) is 0 Å². The lowest BCUT2D eigenvalue weighted by Gasteiger charge is -2.25. The molecule has 0 N–H and O–H groups in total. The highest BCUT2D eigenvalue weighted by Gasteiger charge is 2.17. The Morgan fingerprint density at radius 2 is 1.76 bits per heavy atom. The summed E-state index contributed by atoms with van der Waals surface area (Å²) < 4.78 is 0. The smallest absolute Gasteiger partial charge is 0.135 e. The van der Waals surface area contributed by atoms with Crippen LogP contribution in [0.25, 0.3) is 0 Å². The van der Waals surface area contributed by atoms with E-state index in [1.807, 2.05) is 0 Å². The molecule has 1 aliphatic carbocycles. The molecule has 0 spiro atoms. The highest BCUT2D eigenvalue weighted by atomic mass is 16.1. The van der Waals surface area contributed by atoms with Crippen LogP contribution in [0.15, 0.2) is 18.2 Å². The van der Waals surface area contributed by atoms with E-state index in [0.717, 1.165) is 32.5 Å². The molecule has 0 unspecified atom stereocenters. The van der Waals surface area contributed by atoms with Crippen LogP contribution in [0.4, 0.5) is 0 Å². The topological polar surface area (TPSA) is 20.3 Å². The maximum atomic E-state index is 11.2. The second-order valence-corrected chi connectivity index (χ2v) is 5.27. The summed E-state index contributed by atoms with van der Waals surface area (Å²) in [5, 5.41) is 0. The first kappa shape index (κ1) is 11.0. The number of hydrogen-bond acceptors (Lipinski definition) is 2. The van der Waals surface area contributed by atoms with Crippen molar-refractivity contribution in [1.82, 2.24) is 4.90 Å². The molecular formula is C15H19NO. The number of rotatable bonds is 2. The molecule has 1 heterocycles. The predicted molar refractivity (Wildman–Crippen MR) is 68.0 cm³/mol. The Bertz CT molecular complexity index is 429. The molecule has 1 aromatic rings. The van der Waals surface area contributed by atoms with Crippen molar-refractivity contribution in [1.29, 1.82) is 0 Å². The molecular weight excluding hydrogens is 210 g/mol. The lowest BCUT2D eigenvalue weighted by Crippen LogP contribution is -2.33. The molecule has 1 saturated heterocycles. The van der Waals surface area contributed by atoms with Crippen LogP contribution >= 0.6 is 0 Å². The third kappa shape index (κ3) is 2.42. The summed E-state index contributed by atoms with van der Waals surface area (Å²) in [4.78, 5) is 13.6. The number of hydrogen-bond donors (Lipinski definition) is 0. The van der Waals surface area contributed by atoms with Crippen LogP contribution in [0.1, 0.15) is 36.0 Å². The van der Waals surface area contributed by atoms with E-state index in [1.54, 1.807) is 11.1 Å². The van der Waals surface area contributed by atoms with Crippen molar-refractivity contribution in [3.63, 3.8) is 0 Å². The van der Waals surface area contributed by atoms with Crippen molar-refractivity contribution < 1.29 is 4.79 Å². The van der Waals surface area contributed by atoms with Crippen molar-refractivity contribution in [2.45, 2.75) is 38.6 Å². The number of carbonyl (C=O) groups excluding carboxylic acids is 1. The van der Waals surface area contributed by atoms with E-state index in [1.165, 1.54) is 24.8 Å². The molecule has 0 saturated carbocycles. The summed E-state index contributed by atoms with van der Waals surface area (Å²) in [6.45, 7) is 2.90. The SMILES string of the molecule is O=C1CCN(Cc2ccc3c(c2)CCC3)CC1. The second kappa shape index (κ2) is 4.61. The molecule has 0 atom stereocenters. The maximum absolute atomic E-state index is 11.2. The Kier molecular flexibility index (Phi) is 2.98. The zero-order chi connectivity index (χ0) is 11.7. The third-order valence-electron chi connectivity index (χ3n) is 3.98. The average Bonchev–Trinajstić information content (AvgIpc) is 2.79. The van der Waals surface area contributed by atoms with Crippen LogP contribution in [0.2, 0.25) is 0 Å². The molecule has 90 valence electrons. The Morgan fingerprint density at radius 1 is 1.00 bits per heavy atom. The van der Waals surface area contributed by atoms with Gasteiger partial charge in [0.25, 0.3) is 0 Å². The fraction of sp³-hybridized carbons (Fsp3) is 0.533. The van der Waals surface area contributed by atoms with Gasteiger partial charge in [-0.3, -0.25) is 9.69 Å². The molecule has 1 aliphatic heterocycles. The number of likely N-dealkylation sites (tertiary alicyclic amines) is 1. The summed E-state index contributed by atoms with van der Waals surface area (Å²) in [6, 6.07) is 6.94. The highest BCUT2D eigenvalue weighted by molar-refractivity contribution is 5.79. The molecule has 0 amide bonds. The number of aryl methyl sites for hydroxylation is 2. The number of benzene rings is 1. The van der Waals surface area contributed by atoms with Gasteiger partial charge < -0.3 is 0 Å². The van der Waals surface area contributed by atoms with Crippen LogP contribution in [-0.2, 0) is 24.2 Å². The molecule has 0 radical (unpaired) electrons. The zero-order valence-electron chi connectivity index (χ0n) is 10.2. The summed E-state index contributed by atoms with van der Waals surface area (Å²) in [6.07, 6.45) is 5.31. The van der Waals surface area contributed by atoms with Crippen molar-refractivity contribution in [2.75, 3.05) is 13.1 Å². The monoisotopic (exact) mass is 229 g/mol. The van der Waals surface area contributed by atoms with Crippen LogP contribution in [0, 0.1) is 0 Å². The van der Waals surface area contributed by atoms with Gasteiger partial charge in [0.1, 0.15) is 5.78 Å². The molecule has 17 heavy (non-hydrogen) atoms. The Balaban J connectivity index is 1.67. The minimum absolute atomic E-state index is 0.426. The first-order valence-corrected chi connectivity index (χ1v) is 6.66. The van der Waals surface area contributed by atoms with Gasteiger partial charge in [0, 0.05) is 32.5 Å². The van der Waals surface area contributed by atoms with Crippen LogP contribution in [0.3, 0.4) is 0 Å². The average molecular weight is 229 g/mol. The standard InChI is InChI=1S/C15H19NO/c17-15-6-8-16(9-7-15)11-12-4-5-13-2-1-3-14(13)10-12/h4-5,10H,1-3,6-9,11H2. The van der Waals surface area contributed by atoms with Crippen LogP contribution in [-0.4, -0.2) is 23.8 Å². The van der Waals surface area contributed by atoms with E-state index in [0.29, 0.717) is 5.78 Å². The van der Waals surface area contributed by atoms with Crippen molar-refractivity contribution in [3.05, 3.63) is 34.9 Å². The molecule has 1 aromatic carbocycles. The van der Waals surface area contributed by atoms with E-state index < -0.39 is 0 Å². The normalized spacial score (nSPS) is 20.6. The Hall–Kier alpha value is -1.15. The van der Waals surface area contributed by atoms with Gasteiger partial charge in [-0.2, -0.15) is 0 Å². The summed E-state index contributed by atoms with van der Waals surface area (Å²) in [7, 11) is 0. The van der Waals surface area contributed by atoms with Crippen molar-refractivity contribution in [2.24, 2.45) is 0 Å². The number of carbonyl (C=O) groups is 1. The lowest BCUT2D eigenvalue weighted by atomic mass is 10.0. The van der Waals surface area contributed by atoms with Gasteiger partial charge >= 0.3 is 0 Å². The Morgan fingerprint density at radius 3 is 2.59 bits per heavy atom. The van der Waals surface area contributed by atoms with E-state index >= 15 is 0 Å². The largest absolute Gasteiger partial charge is 0.300 e. The fourth-order valence-corrected chi connectivity index (χ4v) is 2.94. The predicted octanol–water partition coefficient (Wildman–Crippen LogP) is 2.34. The van der Waals surface area contributed by atoms with Crippen molar-refractivity contribution in [3.8, 4) is 0 Å². The van der Waals surface area contributed by atoms with Gasteiger partial charge in [0.2, 0.25) is 0 Å². The molecule has 0 bridgehead atoms. The summed E-state index contributed by atoms with van der Waals surface area (Å²) in [5.74, 6) is 0.426. The van der Waals surface area contributed by atoms with E-state index in [9.17, 15) is 4.79 Å². The summed E-state index contributed by atoms with van der Waals surface area (Å²) >= 11 is 0. The minimum Gasteiger partial charge on any atom is -0.300 e. The molecule has 2 aliphatic rings.